The molecule has 0 aliphatic carbocycles. The first kappa shape index (κ1) is 12.4. The van der Waals surface area contributed by atoms with E-state index in [2.05, 4.69) is 13.2 Å². The van der Waals surface area contributed by atoms with Crippen LogP contribution in [0.25, 0.3) is 24.1 Å². The fourth-order valence-electron chi connectivity index (χ4n) is 1.79. The Morgan fingerprint density at radius 2 is 1.89 bits per heavy atom. The Morgan fingerprint density at radius 1 is 1.22 bits per heavy atom. The van der Waals surface area contributed by atoms with Crippen molar-refractivity contribution in [3.63, 3.8) is 0 Å². The van der Waals surface area contributed by atoms with E-state index >= 15 is 0 Å². The van der Waals surface area contributed by atoms with Crippen LogP contribution in [0.4, 0.5) is 4.79 Å². The number of hydrogen-bond acceptors (Lipinski definition) is 2. The van der Waals surface area contributed by atoms with E-state index in [9.17, 15) is 4.79 Å². The molecule has 0 bridgehead atoms. The summed E-state index contributed by atoms with van der Waals surface area (Å²) in [5.41, 5.74) is 0.286. The SMILES string of the molecule is C=c1ccc2c(ccn2C(=O)OC(C)(C)C)c1=C. The number of hydrogen-bond donors (Lipinski definition) is 0. The van der Waals surface area contributed by atoms with Gasteiger partial charge in [0.2, 0.25) is 0 Å². The molecule has 2 rings (SSSR count). The minimum absolute atomic E-state index is 0.381. The third-order valence-electron chi connectivity index (χ3n) is 2.67. The number of rotatable bonds is 0. The highest BCUT2D eigenvalue weighted by Gasteiger charge is 2.18. The average Bonchev–Trinajstić information content (AvgIpc) is 2.65. The molecule has 0 fully saturated rings. The van der Waals surface area contributed by atoms with Crippen molar-refractivity contribution in [1.82, 2.24) is 4.57 Å². The molecule has 0 aliphatic heterocycles. The first-order valence-electron chi connectivity index (χ1n) is 5.81. The van der Waals surface area contributed by atoms with Crippen molar-refractivity contribution in [3.8, 4) is 0 Å². The molecule has 18 heavy (non-hydrogen) atoms. The highest BCUT2D eigenvalue weighted by atomic mass is 16.6. The van der Waals surface area contributed by atoms with Gasteiger partial charge in [0.05, 0.1) is 5.52 Å². The zero-order valence-electron chi connectivity index (χ0n) is 11.0. The molecule has 0 saturated heterocycles. The fourth-order valence-corrected chi connectivity index (χ4v) is 1.79. The largest absolute Gasteiger partial charge is 0.443 e. The summed E-state index contributed by atoms with van der Waals surface area (Å²) in [7, 11) is 0. The summed E-state index contributed by atoms with van der Waals surface area (Å²) < 4.78 is 6.84. The number of nitrogens with zero attached hydrogens (tertiary/aromatic N) is 1. The molecule has 1 aromatic heterocycles. The molecule has 0 amide bonds. The van der Waals surface area contributed by atoms with E-state index < -0.39 is 5.60 Å². The van der Waals surface area contributed by atoms with Crippen molar-refractivity contribution in [2.24, 2.45) is 0 Å². The monoisotopic (exact) mass is 243 g/mol. The summed E-state index contributed by atoms with van der Waals surface area (Å²) in [6.45, 7) is 13.4. The maximum Gasteiger partial charge on any atom is 0.418 e. The van der Waals surface area contributed by atoms with E-state index in [1.54, 1.807) is 6.20 Å². The number of aromatic nitrogens is 1. The number of ether oxygens (including phenoxy) is 1. The second-order valence-corrected chi connectivity index (χ2v) is 5.30. The van der Waals surface area contributed by atoms with Gasteiger partial charge in [-0.25, -0.2) is 4.79 Å². The van der Waals surface area contributed by atoms with Crippen molar-refractivity contribution < 1.29 is 9.53 Å². The van der Waals surface area contributed by atoms with Crippen molar-refractivity contribution in [2.45, 2.75) is 26.4 Å². The lowest BCUT2D eigenvalue weighted by molar-refractivity contribution is 0.0544. The standard InChI is InChI=1S/C15H17NO2/c1-10-6-7-13-12(11(10)2)8-9-16(13)14(17)18-15(3,4)5/h6-9H,1-2H2,3-5H3. The normalized spacial score (nSPS) is 11.7. The summed E-state index contributed by atoms with van der Waals surface area (Å²) in [6, 6.07) is 5.57. The highest BCUT2D eigenvalue weighted by Crippen LogP contribution is 2.14. The van der Waals surface area contributed by atoms with Crippen LogP contribution >= 0.6 is 0 Å². The molecular weight excluding hydrogens is 226 g/mol. The predicted molar refractivity (Wildman–Crippen MR) is 73.9 cm³/mol. The quantitative estimate of drug-likeness (QED) is 0.710. The molecule has 3 heteroatoms. The van der Waals surface area contributed by atoms with Gasteiger partial charge in [0, 0.05) is 11.6 Å². The van der Waals surface area contributed by atoms with Crippen molar-refractivity contribution >= 4 is 30.2 Å². The van der Waals surface area contributed by atoms with E-state index in [-0.39, 0.29) is 6.09 Å². The zero-order valence-corrected chi connectivity index (χ0v) is 11.0. The van der Waals surface area contributed by atoms with E-state index in [0.717, 1.165) is 21.3 Å². The van der Waals surface area contributed by atoms with E-state index in [4.69, 9.17) is 4.74 Å². The van der Waals surface area contributed by atoms with E-state index in [0.29, 0.717) is 0 Å². The fraction of sp³-hybridized carbons (Fsp3) is 0.267. The van der Waals surface area contributed by atoms with Gasteiger partial charge in [-0.05, 0) is 43.3 Å². The summed E-state index contributed by atoms with van der Waals surface area (Å²) >= 11 is 0. The van der Waals surface area contributed by atoms with Crippen LogP contribution in [-0.2, 0) is 4.74 Å². The number of carbonyl (C=O) groups is 1. The number of benzene rings is 1. The van der Waals surface area contributed by atoms with Crippen LogP contribution in [0.5, 0.6) is 0 Å². The molecule has 0 atom stereocenters. The van der Waals surface area contributed by atoms with Crippen LogP contribution in [0, 0.1) is 0 Å². The first-order chi connectivity index (χ1) is 8.29. The maximum absolute atomic E-state index is 12.0. The van der Waals surface area contributed by atoms with E-state index in [1.165, 1.54) is 4.57 Å². The summed E-state index contributed by atoms with van der Waals surface area (Å²) in [4.78, 5) is 12.0. The topological polar surface area (TPSA) is 31.2 Å². The van der Waals surface area contributed by atoms with Gasteiger partial charge in [-0.1, -0.05) is 19.2 Å². The summed E-state index contributed by atoms with van der Waals surface area (Å²) in [6.07, 6.45) is 1.32. The van der Waals surface area contributed by atoms with Gasteiger partial charge in [0.25, 0.3) is 0 Å². The van der Waals surface area contributed by atoms with Crippen LogP contribution in [-0.4, -0.2) is 16.3 Å². The molecule has 0 N–H and O–H groups in total. The van der Waals surface area contributed by atoms with Crippen molar-refractivity contribution in [3.05, 3.63) is 34.8 Å². The lowest BCUT2D eigenvalue weighted by atomic mass is 10.2. The second kappa shape index (κ2) is 4.02. The Kier molecular flexibility index (Phi) is 2.77. The first-order valence-corrected chi connectivity index (χ1v) is 5.81. The molecule has 2 aromatic rings. The van der Waals surface area contributed by atoms with E-state index in [1.807, 2.05) is 39.0 Å². The summed E-state index contributed by atoms with van der Waals surface area (Å²) in [5, 5.41) is 2.63. The average molecular weight is 243 g/mol. The predicted octanol–water partition coefficient (Wildman–Crippen LogP) is 2.25. The van der Waals surface area contributed by atoms with Gasteiger partial charge >= 0.3 is 6.09 Å². The van der Waals surface area contributed by atoms with Crippen molar-refractivity contribution in [2.75, 3.05) is 0 Å². The Morgan fingerprint density at radius 3 is 2.50 bits per heavy atom. The van der Waals surface area contributed by atoms with Crippen LogP contribution in [0.2, 0.25) is 0 Å². The summed E-state index contributed by atoms with van der Waals surface area (Å²) in [5.74, 6) is 0. The Balaban J connectivity index is 2.54. The minimum Gasteiger partial charge on any atom is -0.443 e. The van der Waals surface area contributed by atoms with Gasteiger partial charge < -0.3 is 4.74 Å². The molecule has 0 saturated carbocycles. The molecule has 0 unspecified atom stereocenters. The molecule has 3 nitrogen and oxygen atoms in total. The van der Waals surface area contributed by atoms with Crippen LogP contribution in [0.3, 0.4) is 0 Å². The Labute approximate surface area is 106 Å². The van der Waals surface area contributed by atoms with Crippen LogP contribution in [0.15, 0.2) is 24.4 Å². The van der Waals surface area contributed by atoms with Crippen LogP contribution < -0.4 is 10.4 Å². The molecule has 94 valence electrons. The van der Waals surface area contributed by atoms with Gasteiger partial charge in [-0.3, -0.25) is 4.57 Å². The molecular formula is C15H17NO2. The van der Waals surface area contributed by atoms with Gasteiger partial charge in [0.1, 0.15) is 5.60 Å². The third-order valence-corrected chi connectivity index (χ3v) is 2.67. The lowest BCUT2D eigenvalue weighted by Gasteiger charge is -2.19. The number of carbonyl (C=O) groups excluding carboxylic acids is 1. The number of fused-ring (bicyclic) bond motifs is 1. The Bertz CT molecular complexity index is 704. The van der Waals surface area contributed by atoms with Gasteiger partial charge in [-0.2, -0.15) is 0 Å². The molecule has 0 spiro atoms. The maximum atomic E-state index is 12.0. The van der Waals surface area contributed by atoms with Gasteiger partial charge in [0.15, 0.2) is 0 Å². The smallest absolute Gasteiger partial charge is 0.418 e. The van der Waals surface area contributed by atoms with Gasteiger partial charge in [-0.15, -0.1) is 0 Å². The zero-order chi connectivity index (χ0) is 13.5. The molecule has 1 aromatic carbocycles. The molecule has 1 heterocycles. The second-order valence-electron chi connectivity index (χ2n) is 5.30. The third kappa shape index (κ3) is 2.16. The molecule has 0 aliphatic rings. The van der Waals surface area contributed by atoms with Crippen LogP contribution in [0.1, 0.15) is 20.8 Å². The minimum atomic E-state index is -0.507. The Hall–Kier alpha value is -2.03. The lowest BCUT2D eigenvalue weighted by Crippen LogP contribution is -2.27. The molecule has 0 radical (unpaired) electrons. The van der Waals surface area contributed by atoms with Crippen molar-refractivity contribution in [1.29, 1.82) is 0 Å². The highest BCUT2D eigenvalue weighted by molar-refractivity contribution is 5.89.